The minimum Gasteiger partial charge on any atom is -0.431 e. The van der Waals surface area contributed by atoms with Gasteiger partial charge in [0.25, 0.3) is 0 Å². The molecule has 0 saturated carbocycles. The number of carbonyl (C=O) groups is 1. The molecule has 0 fully saturated rings. The number of halogens is 3. The Morgan fingerprint density at radius 1 is 1.47 bits per heavy atom. The fraction of sp³-hybridized carbons (Fsp3) is 0.111. The van der Waals surface area contributed by atoms with Gasteiger partial charge in [0.15, 0.2) is 17.9 Å². The van der Waals surface area contributed by atoms with Gasteiger partial charge in [-0.1, -0.05) is 0 Å². The van der Waals surface area contributed by atoms with Crippen molar-refractivity contribution in [2.45, 2.75) is 6.61 Å². The van der Waals surface area contributed by atoms with Crippen molar-refractivity contribution in [3.8, 4) is 11.8 Å². The van der Waals surface area contributed by atoms with Crippen LogP contribution in [0.15, 0.2) is 12.1 Å². The molecule has 1 rings (SSSR count). The third kappa shape index (κ3) is 2.47. The summed E-state index contributed by atoms with van der Waals surface area (Å²) in [6.07, 6.45) is 0.141. The van der Waals surface area contributed by atoms with Crippen molar-refractivity contribution >= 4 is 6.29 Å². The Labute approximate surface area is 82.7 Å². The van der Waals surface area contributed by atoms with E-state index in [-0.39, 0.29) is 11.8 Å². The molecule has 0 saturated heterocycles. The van der Waals surface area contributed by atoms with Crippen molar-refractivity contribution in [2.24, 2.45) is 0 Å². The Hall–Kier alpha value is -2.03. The first-order valence-electron chi connectivity index (χ1n) is 3.72. The SMILES string of the molecule is N#Cc1cc(F)c(OC(F)F)c(C=O)c1. The van der Waals surface area contributed by atoms with Crippen LogP contribution in [0.3, 0.4) is 0 Å². The Kier molecular flexibility index (Phi) is 3.29. The number of hydrogen-bond acceptors (Lipinski definition) is 3. The minimum absolute atomic E-state index is 0.141. The molecule has 0 aliphatic rings. The monoisotopic (exact) mass is 215 g/mol. The number of ether oxygens (including phenoxy) is 1. The second-order valence-corrected chi connectivity index (χ2v) is 2.48. The standard InChI is InChI=1S/C9H4F3NO2/c10-7-2-5(3-13)1-6(4-14)8(7)15-9(11)12/h1-2,4,9H. The van der Waals surface area contributed by atoms with Gasteiger partial charge in [0, 0.05) is 0 Å². The Morgan fingerprint density at radius 3 is 2.60 bits per heavy atom. The third-order valence-electron chi connectivity index (χ3n) is 1.54. The van der Waals surface area contributed by atoms with Crippen LogP contribution in [0.25, 0.3) is 0 Å². The van der Waals surface area contributed by atoms with Gasteiger partial charge in [-0.15, -0.1) is 0 Å². The molecule has 1 aromatic carbocycles. The molecule has 1 aromatic rings. The van der Waals surface area contributed by atoms with E-state index in [1.807, 2.05) is 0 Å². The molecule has 0 bridgehead atoms. The first kappa shape index (κ1) is 11.0. The number of alkyl halides is 2. The zero-order valence-corrected chi connectivity index (χ0v) is 7.21. The van der Waals surface area contributed by atoms with Gasteiger partial charge in [0.1, 0.15) is 0 Å². The molecule has 0 unspecified atom stereocenters. The molecular weight excluding hydrogens is 211 g/mol. The molecule has 15 heavy (non-hydrogen) atoms. The summed E-state index contributed by atoms with van der Waals surface area (Å²) in [6, 6.07) is 3.26. The van der Waals surface area contributed by atoms with Crippen molar-refractivity contribution in [3.63, 3.8) is 0 Å². The van der Waals surface area contributed by atoms with Gasteiger partial charge >= 0.3 is 6.61 Å². The summed E-state index contributed by atoms with van der Waals surface area (Å²) >= 11 is 0. The minimum atomic E-state index is -3.23. The van der Waals surface area contributed by atoms with Crippen molar-refractivity contribution < 1.29 is 22.7 Å². The van der Waals surface area contributed by atoms with Crippen LogP contribution < -0.4 is 4.74 Å². The highest BCUT2D eigenvalue weighted by Crippen LogP contribution is 2.24. The van der Waals surface area contributed by atoms with Gasteiger partial charge < -0.3 is 4.74 Å². The van der Waals surface area contributed by atoms with E-state index in [1.165, 1.54) is 0 Å². The molecule has 0 aliphatic carbocycles. The second kappa shape index (κ2) is 4.46. The molecular formula is C9H4F3NO2. The zero-order valence-electron chi connectivity index (χ0n) is 7.21. The number of carbonyl (C=O) groups excluding carboxylic acids is 1. The summed E-state index contributed by atoms with van der Waals surface area (Å²) in [5.74, 6) is -2.02. The third-order valence-corrected chi connectivity index (χ3v) is 1.54. The van der Waals surface area contributed by atoms with E-state index in [9.17, 15) is 18.0 Å². The van der Waals surface area contributed by atoms with E-state index in [4.69, 9.17) is 5.26 Å². The van der Waals surface area contributed by atoms with Crippen LogP contribution in [-0.2, 0) is 0 Å². The lowest BCUT2D eigenvalue weighted by Crippen LogP contribution is -2.06. The molecule has 78 valence electrons. The molecule has 0 aromatic heterocycles. The van der Waals surface area contributed by atoms with Crippen LogP contribution in [0.1, 0.15) is 15.9 Å². The first-order chi connectivity index (χ1) is 7.08. The normalized spacial score (nSPS) is 9.80. The summed E-state index contributed by atoms with van der Waals surface area (Å²) in [5.41, 5.74) is -0.567. The molecule has 0 aliphatic heterocycles. The average Bonchev–Trinajstić information content (AvgIpc) is 2.20. The van der Waals surface area contributed by atoms with E-state index in [0.29, 0.717) is 6.07 Å². The summed E-state index contributed by atoms with van der Waals surface area (Å²) < 4.78 is 40.6. The van der Waals surface area contributed by atoms with Crippen LogP contribution in [-0.4, -0.2) is 12.9 Å². The van der Waals surface area contributed by atoms with Crippen LogP contribution in [0.4, 0.5) is 13.2 Å². The highest BCUT2D eigenvalue weighted by molar-refractivity contribution is 5.80. The fourth-order valence-electron chi connectivity index (χ4n) is 0.980. The molecule has 0 spiro atoms. The number of rotatable bonds is 3. The lowest BCUT2D eigenvalue weighted by Gasteiger charge is -2.07. The van der Waals surface area contributed by atoms with Gasteiger partial charge in [-0.05, 0) is 12.1 Å². The lowest BCUT2D eigenvalue weighted by atomic mass is 10.1. The topological polar surface area (TPSA) is 50.1 Å². The first-order valence-corrected chi connectivity index (χ1v) is 3.72. The van der Waals surface area contributed by atoms with Gasteiger partial charge in [-0.25, -0.2) is 4.39 Å². The summed E-state index contributed by atoms with van der Waals surface area (Å²) in [4.78, 5) is 10.4. The number of hydrogen-bond donors (Lipinski definition) is 0. The van der Waals surface area contributed by atoms with Gasteiger partial charge in [0.2, 0.25) is 0 Å². The summed E-state index contributed by atoms with van der Waals surface area (Å²) in [7, 11) is 0. The number of nitriles is 1. The van der Waals surface area contributed by atoms with Crippen molar-refractivity contribution in [1.29, 1.82) is 5.26 Å². The van der Waals surface area contributed by atoms with Gasteiger partial charge in [-0.2, -0.15) is 14.0 Å². The van der Waals surface area contributed by atoms with E-state index >= 15 is 0 Å². The molecule has 0 heterocycles. The Bertz CT molecular complexity index is 426. The number of benzene rings is 1. The van der Waals surface area contributed by atoms with Gasteiger partial charge in [-0.3, -0.25) is 4.79 Å². The zero-order chi connectivity index (χ0) is 11.4. The molecule has 0 atom stereocenters. The second-order valence-electron chi connectivity index (χ2n) is 2.48. The van der Waals surface area contributed by atoms with Crippen LogP contribution in [0, 0.1) is 17.1 Å². The quantitative estimate of drug-likeness (QED) is 0.725. The Morgan fingerprint density at radius 2 is 2.13 bits per heavy atom. The summed E-state index contributed by atoms with van der Waals surface area (Å²) in [6.45, 7) is -3.23. The predicted molar refractivity (Wildman–Crippen MR) is 43.1 cm³/mol. The number of aldehydes is 1. The summed E-state index contributed by atoms with van der Waals surface area (Å²) in [5, 5.41) is 8.43. The average molecular weight is 215 g/mol. The molecule has 0 radical (unpaired) electrons. The van der Waals surface area contributed by atoms with Crippen LogP contribution >= 0.6 is 0 Å². The maximum absolute atomic E-state index is 13.1. The maximum atomic E-state index is 13.1. The van der Waals surface area contributed by atoms with E-state index in [1.54, 1.807) is 6.07 Å². The Balaban J connectivity index is 3.26. The van der Waals surface area contributed by atoms with Crippen molar-refractivity contribution in [3.05, 3.63) is 29.1 Å². The highest BCUT2D eigenvalue weighted by atomic mass is 19.3. The van der Waals surface area contributed by atoms with Crippen LogP contribution in [0.5, 0.6) is 5.75 Å². The highest BCUT2D eigenvalue weighted by Gasteiger charge is 2.16. The van der Waals surface area contributed by atoms with Crippen LogP contribution in [0.2, 0.25) is 0 Å². The fourth-order valence-corrected chi connectivity index (χ4v) is 0.980. The van der Waals surface area contributed by atoms with E-state index in [0.717, 1.165) is 6.07 Å². The predicted octanol–water partition coefficient (Wildman–Crippen LogP) is 2.11. The van der Waals surface area contributed by atoms with Crippen molar-refractivity contribution in [2.75, 3.05) is 0 Å². The largest absolute Gasteiger partial charge is 0.431 e. The molecule has 0 N–H and O–H groups in total. The van der Waals surface area contributed by atoms with Gasteiger partial charge in [0.05, 0.1) is 17.2 Å². The van der Waals surface area contributed by atoms with Crippen molar-refractivity contribution in [1.82, 2.24) is 0 Å². The molecule has 0 amide bonds. The lowest BCUT2D eigenvalue weighted by molar-refractivity contribution is -0.0524. The molecule has 6 heteroatoms. The molecule has 3 nitrogen and oxygen atoms in total. The smallest absolute Gasteiger partial charge is 0.387 e. The van der Waals surface area contributed by atoms with E-state index < -0.39 is 23.7 Å². The number of nitrogens with zero attached hydrogens (tertiary/aromatic N) is 1. The van der Waals surface area contributed by atoms with E-state index in [2.05, 4.69) is 4.74 Å². The maximum Gasteiger partial charge on any atom is 0.387 e.